The van der Waals surface area contributed by atoms with Crippen LogP contribution in [0.1, 0.15) is 11.4 Å². The molecule has 0 aliphatic carbocycles. The number of nitrogens with one attached hydrogen (secondary N) is 1. The van der Waals surface area contributed by atoms with Gasteiger partial charge in [-0.2, -0.15) is 4.31 Å². The first-order chi connectivity index (χ1) is 12.5. The summed E-state index contributed by atoms with van der Waals surface area (Å²) in [4.78, 5) is 16.3. The second-order valence-electron chi connectivity index (χ2n) is 6.04. The number of amides is 1. The van der Waals surface area contributed by atoms with E-state index in [4.69, 9.17) is 4.74 Å². The van der Waals surface area contributed by atoms with Crippen LogP contribution in [0.25, 0.3) is 0 Å². The largest absolute Gasteiger partial charge is 0.379 e. The third kappa shape index (κ3) is 4.29. The third-order valence-electron chi connectivity index (χ3n) is 4.26. The number of hydrogen-bond donors (Lipinski definition) is 1. The van der Waals surface area contributed by atoms with E-state index in [1.807, 2.05) is 6.92 Å². The van der Waals surface area contributed by atoms with Gasteiger partial charge in [0.25, 0.3) is 0 Å². The maximum absolute atomic E-state index is 12.6. The maximum Gasteiger partial charge on any atom is 0.243 e. The number of aromatic nitrogens is 2. The number of hydrogen-bond acceptors (Lipinski definition) is 5. The Hall–Kier alpha value is -2.23. The Morgan fingerprint density at radius 3 is 2.54 bits per heavy atom. The Kier molecular flexibility index (Phi) is 5.70. The minimum Gasteiger partial charge on any atom is -0.379 e. The Balaban J connectivity index is 1.57. The van der Waals surface area contributed by atoms with Gasteiger partial charge in [0.1, 0.15) is 12.4 Å². The Labute approximate surface area is 152 Å². The monoisotopic (exact) mass is 378 g/mol. The summed E-state index contributed by atoms with van der Waals surface area (Å²) >= 11 is 0. The molecule has 1 saturated heterocycles. The summed E-state index contributed by atoms with van der Waals surface area (Å²) in [6, 6.07) is 6.59. The molecule has 0 unspecified atom stereocenters. The van der Waals surface area contributed by atoms with Crippen LogP contribution < -0.4 is 5.32 Å². The van der Waals surface area contributed by atoms with E-state index in [9.17, 15) is 13.2 Å². The predicted molar refractivity (Wildman–Crippen MR) is 94.8 cm³/mol. The number of carbonyl (C=O) groups excluding carboxylic acids is 1. The van der Waals surface area contributed by atoms with Crippen molar-refractivity contribution in [3.05, 3.63) is 48.0 Å². The Morgan fingerprint density at radius 1 is 1.23 bits per heavy atom. The van der Waals surface area contributed by atoms with Crippen molar-refractivity contribution < 1.29 is 17.9 Å². The van der Waals surface area contributed by atoms with Gasteiger partial charge in [0.2, 0.25) is 15.9 Å². The van der Waals surface area contributed by atoms with E-state index < -0.39 is 10.0 Å². The summed E-state index contributed by atoms with van der Waals surface area (Å²) in [5.74, 6) is 0.647. The van der Waals surface area contributed by atoms with Crippen LogP contribution in [0, 0.1) is 6.92 Å². The van der Waals surface area contributed by atoms with Gasteiger partial charge in [0, 0.05) is 32.0 Å². The molecule has 1 N–H and O–H groups in total. The van der Waals surface area contributed by atoms with Crippen LogP contribution in [0.15, 0.2) is 41.6 Å². The van der Waals surface area contributed by atoms with E-state index >= 15 is 0 Å². The molecule has 1 aliphatic rings. The standard InChI is InChI=1S/C17H22N4O4S/c1-14-18-6-7-20(14)13-17(22)19-12-15-2-4-16(5-3-15)26(23,24)21-8-10-25-11-9-21/h2-7H,8-13H2,1H3,(H,19,22). The van der Waals surface area contributed by atoms with Crippen molar-refractivity contribution in [1.29, 1.82) is 0 Å². The SMILES string of the molecule is Cc1nccn1CC(=O)NCc1ccc(S(=O)(=O)N2CCOCC2)cc1. The number of rotatable bonds is 6. The summed E-state index contributed by atoms with van der Waals surface area (Å²) in [5.41, 5.74) is 0.835. The first-order valence-electron chi connectivity index (χ1n) is 8.38. The minimum absolute atomic E-state index is 0.129. The summed E-state index contributed by atoms with van der Waals surface area (Å²) in [7, 11) is -3.49. The number of carbonyl (C=O) groups is 1. The molecule has 8 nitrogen and oxygen atoms in total. The summed E-state index contributed by atoms with van der Waals surface area (Å²) in [6.45, 7) is 3.95. The van der Waals surface area contributed by atoms with Gasteiger partial charge < -0.3 is 14.6 Å². The van der Waals surface area contributed by atoms with E-state index in [0.717, 1.165) is 11.4 Å². The average molecular weight is 378 g/mol. The molecule has 1 aliphatic heterocycles. The normalized spacial score (nSPS) is 15.7. The van der Waals surface area contributed by atoms with Crippen LogP contribution in [0.2, 0.25) is 0 Å². The van der Waals surface area contributed by atoms with Gasteiger partial charge in [-0.05, 0) is 24.6 Å². The molecule has 2 heterocycles. The van der Waals surface area contributed by atoms with Crippen LogP contribution in [0.5, 0.6) is 0 Å². The molecular weight excluding hydrogens is 356 g/mol. The van der Waals surface area contributed by atoms with Gasteiger partial charge in [-0.3, -0.25) is 4.79 Å². The zero-order chi connectivity index (χ0) is 18.6. The highest BCUT2D eigenvalue weighted by Gasteiger charge is 2.26. The lowest BCUT2D eigenvalue weighted by Gasteiger charge is -2.26. The number of benzene rings is 1. The molecule has 1 aromatic carbocycles. The van der Waals surface area contributed by atoms with E-state index in [1.165, 1.54) is 4.31 Å². The molecular formula is C17H22N4O4S. The fraction of sp³-hybridized carbons (Fsp3) is 0.412. The molecule has 0 atom stereocenters. The van der Waals surface area contributed by atoms with Crippen LogP contribution in [-0.4, -0.2) is 54.5 Å². The lowest BCUT2D eigenvalue weighted by Crippen LogP contribution is -2.40. The number of sulfonamides is 1. The van der Waals surface area contributed by atoms with Crippen LogP contribution in [0.3, 0.4) is 0 Å². The average Bonchev–Trinajstić information content (AvgIpc) is 3.06. The molecule has 0 radical (unpaired) electrons. The third-order valence-corrected chi connectivity index (χ3v) is 6.17. The Morgan fingerprint density at radius 2 is 1.92 bits per heavy atom. The fourth-order valence-corrected chi connectivity index (χ4v) is 4.11. The molecule has 2 aromatic rings. The van der Waals surface area contributed by atoms with Gasteiger partial charge >= 0.3 is 0 Å². The smallest absolute Gasteiger partial charge is 0.243 e. The molecule has 1 aromatic heterocycles. The lowest BCUT2D eigenvalue weighted by atomic mass is 10.2. The minimum atomic E-state index is -3.49. The maximum atomic E-state index is 12.6. The number of morpholine rings is 1. The highest BCUT2D eigenvalue weighted by atomic mass is 32.2. The van der Waals surface area contributed by atoms with Gasteiger partial charge in [-0.1, -0.05) is 12.1 Å². The summed E-state index contributed by atoms with van der Waals surface area (Å²) in [6.07, 6.45) is 3.40. The van der Waals surface area contributed by atoms with E-state index in [1.54, 1.807) is 41.2 Å². The van der Waals surface area contributed by atoms with E-state index in [2.05, 4.69) is 10.3 Å². The zero-order valence-electron chi connectivity index (χ0n) is 14.6. The molecule has 140 valence electrons. The van der Waals surface area contributed by atoms with E-state index in [-0.39, 0.29) is 17.3 Å². The molecule has 1 amide bonds. The molecule has 0 saturated carbocycles. The first kappa shape index (κ1) is 18.6. The van der Waals surface area contributed by atoms with E-state index in [0.29, 0.717) is 32.8 Å². The van der Waals surface area contributed by atoms with Crippen molar-refractivity contribution in [1.82, 2.24) is 19.2 Å². The fourth-order valence-electron chi connectivity index (χ4n) is 2.70. The predicted octanol–water partition coefficient (Wildman–Crippen LogP) is 0.529. The second-order valence-corrected chi connectivity index (χ2v) is 7.98. The van der Waals surface area contributed by atoms with Crippen molar-refractivity contribution in [2.45, 2.75) is 24.9 Å². The van der Waals surface area contributed by atoms with Gasteiger partial charge in [-0.25, -0.2) is 13.4 Å². The second kappa shape index (κ2) is 7.98. The lowest BCUT2D eigenvalue weighted by molar-refractivity contribution is -0.121. The number of aryl methyl sites for hydroxylation is 1. The highest BCUT2D eigenvalue weighted by Crippen LogP contribution is 2.17. The van der Waals surface area contributed by atoms with Gasteiger partial charge in [0.15, 0.2) is 0 Å². The Bertz CT molecular complexity index is 855. The molecule has 9 heteroatoms. The number of imidazole rings is 1. The molecule has 3 rings (SSSR count). The first-order valence-corrected chi connectivity index (χ1v) is 9.82. The molecule has 1 fully saturated rings. The van der Waals surface area contributed by atoms with Crippen molar-refractivity contribution >= 4 is 15.9 Å². The van der Waals surface area contributed by atoms with Crippen molar-refractivity contribution in [2.24, 2.45) is 0 Å². The van der Waals surface area contributed by atoms with Crippen molar-refractivity contribution in [3.8, 4) is 0 Å². The van der Waals surface area contributed by atoms with Gasteiger partial charge in [0.05, 0.1) is 18.1 Å². The topological polar surface area (TPSA) is 93.5 Å². The molecule has 0 bridgehead atoms. The molecule has 0 spiro atoms. The summed E-state index contributed by atoms with van der Waals surface area (Å²) in [5, 5.41) is 2.82. The number of ether oxygens (including phenoxy) is 1. The van der Waals surface area contributed by atoms with Crippen LogP contribution in [-0.2, 0) is 32.6 Å². The van der Waals surface area contributed by atoms with Crippen molar-refractivity contribution in [2.75, 3.05) is 26.3 Å². The van der Waals surface area contributed by atoms with Crippen molar-refractivity contribution in [3.63, 3.8) is 0 Å². The van der Waals surface area contributed by atoms with Crippen LogP contribution >= 0.6 is 0 Å². The van der Waals surface area contributed by atoms with Gasteiger partial charge in [-0.15, -0.1) is 0 Å². The summed E-state index contributed by atoms with van der Waals surface area (Å²) < 4.78 is 33.5. The zero-order valence-corrected chi connectivity index (χ0v) is 15.4. The quantitative estimate of drug-likeness (QED) is 0.791. The highest BCUT2D eigenvalue weighted by molar-refractivity contribution is 7.89. The number of nitrogens with zero attached hydrogens (tertiary/aromatic N) is 3. The molecule has 26 heavy (non-hydrogen) atoms. The van der Waals surface area contributed by atoms with Crippen LogP contribution in [0.4, 0.5) is 0 Å².